The fourth-order valence-electron chi connectivity index (χ4n) is 4.37. The molecule has 1 heterocycles. The minimum Gasteiger partial charge on any atom is -0.349 e. The Morgan fingerprint density at radius 3 is 2.38 bits per heavy atom. The van der Waals surface area contributed by atoms with Gasteiger partial charge in [-0.3, -0.25) is 4.79 Å². The molecule has 1 N–H and O–H groups in total. The van der Waals surface area contributed by atoms with Gasteiger partial charge in [-0.25, -0.2) is 12.7 Å². The molecule has 0 spiro atoms. The average Bonchev–Trinajstić information content (AvgIpc) is 2.79. The molecule has 3 rings (SSSR count). The molecule has 0 aliphatic carbocycles. The van der Waals surface area contributed by atoms with E-state index in [2.05, 4.69) is 19.2 Å². The molecule has 1 amide bonds. The van der Waals surface area contributed by atoms with E-state index in [1.165, 1.54) is 4.31 Å². The lowest BCUT2D eigenvalue weighted by Crippen LogP contribution is -2.46. The summed E-state index contributed by atoms with van der Waals surface area (Å²) in [5.74, 6) is 0.221. The van der Waals surface area contributed by atoms with Crippen LogP contribution in [0, 0.1) is 11.8 Å². The predicted octanol–water partition coefficient (Wildman–Crippen LogP) is 4.56. The fourth-order valence-corrected chi connectivity index (χ4v) is 5.95. The van der Waals surface area contributed by atoms with Crippen molar-refractivity contribution >= 4 is 15.9 Å². The Morgan fingerprint density at radius 1 is 1.06 bits per heavy atom. The number of hydrogen-bond acceptors (Lipinski definition) is 3. The van der Waals surface area contributed by atoms with Crippen LogP contribution >= 0.6 is 0 Å². The number of amides is 1. The maximum absolute atomic E-state index is 13.1. The highest BCUT2D eigenvalue weighted by Crippen LogP contribution is 2.25. The van der Waals surface area contributed by atoms with Crippen LogP contribution in [-0.2, 0) is 21.2 Å². The molecule has 32 heavy (non-hydrogen) atoms. The Hall–Kier alpha value is -2.18. The molecule has 0 radical (unpaired) electrons. The van der Waals surface area contributed by atoms with Gasteiger partial charge in [0, 0.05) is 13.1 Å². The second-order valence-corrected chi connectivity index (χ2v) is 11.3. The predicted molar refractivity (Wildman–Crippen MR) is 130 cm³/mol. The molecule has 0 saturated carbocycles. The van der Waals surface area contributed by atoms with Crippen LogP contribution in [0.1, 0.15) is 56.7 Å². The molecule has 1 aliphatic heterocycles. The highest BCUT2D eigenvalue weighted by molar-refractivity contribution is 7.89. The molecule has 1 aliphatic rings. The summed E-state index contributed by atoms with van der Waals surface area (Å²) < 4.78 is 27.4. The maximum Gasteiger partial charge on any atom is 0.224 e. The van der Waals surface area contributed by atoms with Gasteiger partial charge in [-0.05, 0) is 49.1 Å². The second kappa shape index (κ2) is 11.6. The zero-order valence-corrected chi connectivity index (χ0v) is 20.1. The van der Waals surface area contributed by atoms with E-state index in [9.17, 15) is 13.2 Å². The van der Waals surface area contributed by atoms with Gasteiger partial charge in [-0.2, -0.15) is 0 Å². The number of nitrogens with one attached hydrogen (secondary N) is 1. The number of sulfonamides is 1. The van der Waals surface area contributed by atoms with E-state index in [0.29, 0.717) is 18.9 Å². The monoisotopic (exact) mass is 456 g/mol. The van der Waals surface area contributed by atoms with Crippen LogP contribution in [0.25, 0.3) is 0 Å². The molecule has 2 aromatic carbocycles. The standard InChI is InChI=1S/C26H36N2O3S/c1-21(2)19-25(23-14-7-4-8-15-23)27-26(29)24-16-9-17-28(20-24)32(30,31)18-10-13-22-11-5-3-6-12-22/h3-8,11-12,14-15,21,24-25H,9-10,13,16-20H2,1-2H3,(H,27,29)/t24-,25+/m0/s1. The molecule has 0 unspecified atom stereocenters. The third-order valence-electron chi connectivity index (χ3n) is 6.08. The number of benzene rings is 2. The molecule has 0 aromatic heterocycles. The number of aryl methyl sites for hydroxylation is 1. The van der Waals surface area contributed by atoms with Gasteiger partial charge in [0.1, 0.15) is 0 Å². The van der Waals surface area contributed by atoms with Crippen LogP contribution in [0.15, 0.2) is 60.7 Å². The van der Waals surface area contributed by atoms with E-state index < -0.39 is 10.0 Å². The first-order valence-corrected chi connectivity index (χ1v) is 13.3. The van der Waals surface area contributed by atoms with Gasteiger partial charge in [0.15, 0.2) is 0 Å². The zero-order valence-electron chi connectivity index (χ0n) is 19.2. The summed E-state index contributed by atoms with van der Waals surface area (Å²) in [6.45, 7) is 5.08. The van der Waals surface area contributed by atoms with Crippen molar-refractivity contribution in [1.29, 1.82) is 0 Å². The van der Waals surface area contributed by atoms with Crippen LogP contribution in [-0.4, -0.2) is 37.5 Å². The van der Waals surface area contributed by atoms with Crippen LogP contribution in [0.3, 0.4) is 0 Å². The lowest BCUT2D eigenvalue weighted by atomic mass is 9.94. The van der Waals surface area contributed by atoms with E-state index in [1.807, 2.05) is 60.7 Å². The minimum absolute atomic E-state index is 0.0383. The number of carbonyl (C=O) groups is 1. The largest absolute Gasteiger partial charge is 0.349 e. The first kappa shape index (κ1) is 24.5. The molecule has 174 valence electrons. The first-order chi connectivity index (χ1) is 15.3. The van der Waals surface area contributed by atoms with Gasteiger partial charge in [-0.1, -0.05) is 74.5 Å². The van der Waals surface area contributed by atoms with Crippen LogP contribution in [0.2, 0.25) is 0 Å². The molecule has 2 aromatic rings. The van der Waals surface area contributed by atoms with Crippen molar-refractivity contribution in [3.8, 4) is 0 Å². The summed E-state index contributed by atoms with van der Waals surface area (Å²) in [7, 11) is -3.37. The molecule has 1 fully saturated rings. The Morgan fingerprint density at radius 2 is 1.72 bits per heavy atom. The van der Waals surface area contributed by atoms with Crippen molar-refractivity contribution in [3.63, 3.8) is 0 Å². The molecular weight excluding hydrogens is 420 g/mol. The first-order valence-electron chi connectivity index (χ1n) is 11.7. The Labute approximate surface area is 193 Å². The Balaban J connectivity index is 1.58. The number of hydrogen-bond donors (Lipinski definition) is 1. The summed E-state index contributed by atoms with van der Waals surface area (Å²) in [6.07, 6.45) is 3.63. The highest BCUT2D eigenvalue weighted by Gasteiger charge is 2.33. The molecule has 2 atom stereocenters. The minimum atomic E-state index is -3.37. The number of nitrogens with zero attached hydrogens (tertiary/aromatic N) is 1. The zero-order chi connectivity index (χ0) is 23.0. The second-order valence-electron chi connectivity index (χ2n) is 9.20. The third-order valence-corrected chi connectivity index (χ3v) is 8.01. The number of rotatable bonds is 10. The number of carbonyl (C=O) groups excluding carboxylic acids is 1. The molecule has 5 nitrogen and oxygen atoms in total. The van der Waals surface area contributed by atoms with Crippen LogP contribution < -0.4 is 5.32 Å². The Kier molecular flexibility index (Phi) is 8.88. The summed E-state index contributed by atoms with van der Waals surface area (Å²) in [5, 5.41) is 3.21. The SMILES string of the molecule is CC(C)C[C@@H](NC(=O)[C@H]1CCCN(S(=O)(=O)CCCc2ccccc2)C1)c1ccccc1. The number of piperidine rings is 1. The van der Waals surface area contributed by atoms with E-state index in [1.54, 1.807) is 0 Å². The van der Waals surface area contributed by atoms with Crippen LogP contribution in [0.5, 0.6) is 0 Å². The van der Waals surface area contributed by atoms with Gasteiger partial charge < -0.3 is 5.32 Å². The quantitative estimate of drug-likeness (QED) is 0.570. The summed E-state index contributed by atoms with van der Waals surface area (Å²) in [5.41, 5.74) is 2.24. The molecule has 0 bridgehead atoms. The van der Waals surface area contributed by atoms with Crippen molar-refractivity contribution in [1.82, 2.24) is 9.62 Å². The van der Waals surface area contributed by atoms with E-state index in [-0.39, 0.29) is 30.2 Å². The topological polar surface area (TPSA) is 66.5 Å². The lowest BCUT2D eigenvalue weighted by molar-refractivity contribution is -0.127. The van der Waals surface area contributed by atoms with Crippen molar-refractivity contribution in [2.45, 2.75) is 52.0 Å². The van der Waals surface area contributed by atoms with Crippen molar-refractivity contribution in [3.05, 3.63) is 71.8 Å². The van der Waals surface area contributed by atoms with Crippen LogP contribution in [0.4, 0.5) is 0 Å². The fraction of sp³-hybridized carbons (Fsp3) is 0.500. The van der Waals surface area contributed by atoms with E-state index >= 15 is 0 Å². The van der Waals surface area contributed by atoms with Crippen molar-refractivity contribution in [2.24, 2.45) is 11.8 Å². The normalized spacial score (nSPS) is 18.4. The van der Waals surface area contributed by atoms with Gasteiger partial charge in [0.05, 0.1) is 17.7 Å². The average molecular weight is 457 g/mol. The van der Waals surface area contributed by atoms with E-state index in [4.69, 9.17) is 0 Å². The van der Waals surface area contributed by atoms with Gasteiger partial charge in [0.2, 0.25) is 15.9 Å². The van der Waals surface area contributed by atoms with Gasteiger partial charge in [-0.15, -0.1) is 0 Å². The Bertz CT molecular complexity index is 946. The summed E-state index contributed by atoms with van der Waals surface area (Å²) in [4.78, 5) is 13.1. The third kappa shape index (κ3) is 7.17. The van der Waals surface area contributed by atoms with Gasteiger partial charge >= 0.3 is 0 Å². The summed E-state index contributed by atoms with van der Waals surface area (Å²) in [6, 6.07) is 19.9. The molecule has 1 saturated heterocycles. The highest BCUT2D eigenvalue weighted by atomic mass is 32.2. The summed E-state index contributed by atoms with van der Waals surface area (Å²) >= 11 is 0. The smallest absolute Gasteiger partial charge is 0.224 e. The maximum atomic E-state index is 13.1. The van der Waals surface area contributed by atoms with Gasteiger partial charge in [0.25, 0.3) is 0 Å². The lowest BCUT2D eigenvalue weighted by Gasteiger charge is -2.32. The molecular formula is C26H36N2O3S. The van der Waals surface area contributed by atoms with Crippen molar-refractivity contribution in [2.75, 3.05) is 18.8 Å². The van der Waals surface area contributed by atoms with E-state index in [0.717, 1.165) is 36.8 Å². The molecule has 6 heteroatoms. The van der Waals surface area contributed by atoms with Crippen molar-refractivity contribution < 1.29 is 13.2 Å².